The fourth-order valence-corrected chi connectivity index (χ4v) is 5.04. The van der Waals surface area contributed by atoms with Gasteiger partial charge in [-0.05, 0) is 48.8 Å². The van der Waals surface area contributed by atoms with E-state index in [2.05, 4.69) is 52.7 Å². The molecule has 2 N–H and O–H groups in total. The molecule has 0 radical (unpaired) electrons. The highest BCUT2D eigenvalue weighted by Crippen LogP contribution is 2.35. The van der Waals surface area contributed by atoms with Crippen LogP contribution in [0.3, 0.4) is 0 Å². The molecule has 4 aromatic rings. The minimum absolute atomic E-state index is 0.0665. The Morgan fingerprint density at radius 1 is 1.15 bits per heavy atom. The minimum Gasteiger partial charge on any atom is -0.365 e. The second-order valence-corrected chi connectivity index (χ2v) is 11.7. The number of aromatic amines is 1. The van der Waals surface area contributed by atoms with Crippen LogP contribution in [0.25, 0.3) is 22.8 Å². The molecule has 214 valence electrons. The van der Waals surface area contributed by atoms with Crippen LogP contribution in [0.15, 0.2) is 33.6 Å². The molecule has 0 spiro atoms. The van der Waals surface area contributed by atoms with E-state index in [1.54, 1.807) is 0 Å². The smallest absolute Gasteiger partial charge is 0.365 e. The Morgan fingerprint density at radius 2 is 1.85 bits per heavy atom. The first-order chi connectivity index (χ1) is 18.8. The number of alkyl halides is 3. The van der Waals surface area contributed by atoms with Gasteiger partial charge in [-0.1, -0.05) is 44.5 Å². The molecular formula is C27H33F3N8O2. The number of nitrogens with one attached hydrogen (secondary N) is 2. The molecule has 13 heteroatoms. The van der Waals surface area contributed by atoms with Crippen LogP contribution < -0.4 is 16.0 Å². The number of anilines is 2. The highest BCUT2D eigenvalue weighted by Gasteiger charge is 2.31. The summed E-state index contributed by atoms with van der Waals surface area (Å²) in [4.78, 5) is 30.3. The van der Waals surface area contributed by atoms with Crippen molar-refractivity contribution in [2.75, 3.05) is 23.8 Å². The Labute approximate surface area is 229 Å². The lowest BCUT2D eigenvalue weighted by Gasteiger charge is -2.32. The zero-order valence-corrected chi connectivity index (χ0v) is 23.1. The molecule has 1 fully saturated rings. The van der Waals surface area contributed by atoms with Crippen molar-refractivity contribution < 1.29 is 17.7 Å². The second-order valence-electron chi connectivity index (χ2n) is 11.7. The number of aromatic nitrogens is 6. The lowest BCUT2D eigenvalue weighted by Crippen LogP contribution is -2.32. The summed E-state index contributed by atoms with van der Waals surface area (Å²) < 4.78 is 46.2. The monoisotopic (exact) mass is 558 g/mol. The fourth-order valence-electron chi connectivity index (χ4n) is 5.04. The largest absolute Gasteiger partial charge is 0.439 e. The quantitative estimate of drug-likeness (QED) is 0.298. The van der Waals surface area contributed by atoms with Gasteiger partial charge in [0.25, 0.3) is 0 Å². The Hall–Kier alpha value is -3.90. The SMILES string of the molecule is C[C@@H](Nc1nc(-c2noc(=O)[nH]2)nc2nc(N(C)CC(C)(C)C)n(Cc3ccc(C(F)(F)F)cc3)c12)C1CCC1. The van der Waals surface area contributed by atoms with E-state index in [9.17, 15) is 18.0 Å². The van der Waals surface area contributed by atoms with Crippen LogP contribution in [0.1, 0.15) is 58.1 Å². The maximum absolute atomic E-state index is 13.2. The Morgan fingerprint density at radius 3 is 2.40 bits per heavy atom. The molecule has 5 rings (SSSR count). The van der Waals surface area contributed by atoms with Gasteiger partial charge in [0, 0.05) is 19.6 Å². The summed E-state index contributed by atoms with van der Waals surface area (Å²) in [5.74, 6) is 1.06. The van der Waals surface area contributed by atoms with E-state index in [1.807, 2.05) is 16.5 Å². The van der Waals surface area contributed by atoms with Gasteiger partial charge in [-0.3, -0.25) is 9.51 Å². The Kier molecular flexibility index (Phi) is 7.09. The van der Waals surface area contributed by atoms with E-state index < -0.39 is 17.5 Å². The average Bonchev–Trinajstić information content (AvgIpc) is 3.40. The summed E-state index contributed by atoms with van der Waals surface area (Å²) in [5.41, 5.74) is 0.864. The molecule has 0 amide bonds. The third-order valence-electron chi connectivity index (χ3n) is 7.13. The van der Waals surface area contributed by atoms with Crippen molar-refractivity contribution in [3.8, 4) is 11.6 Å². The number of hydrogen-bond acceptors (Lipinski definition) is 8. The average molecular weight is 559 g/mol. The molecule has 0 bridgehead atoms. The second kappa shape index (κ2) is 10.3. The van der Waals surface area contributed by atoms with Crippen LogP contribution >= 0.6 is 0 Å². The molecule has 1 aromatic carbocycles. The molecule has 1 atom stereocenters. The van der Waals surface area contributed by atoms with Crippen LogP contribution in [-0.2, 0) is 12.7 Å². The van der Waals surface area contributed by atoms with E-state index in [4.69, 9.17) is 9.97 Å². The predicted molar refractivity (Wildman–Crippen MR) is 145 cm³/mol. The number of imidazole rings is 1. The standard InChI is InChI=1S/C27H33F3N8O2/c1-15(17-7-6-8-17)31-20-19-21(33-22(32-20)23-35-25(39)40-36-23)34-24(37(5)14-26(2,3)4)38(19)13-16-9-11-18(12-10-16)27(28,29)30/h9-12,15,17H,6-8,13-14H2,1-5H3,(H,31,32,33)(H,35,36,39)/t15-/m1/s1. The van der Waals surface area contributed by atoms with Gasteiger partial charge in [0.15, 0.2) is 11.5 Å². The molecule has 0 aliphatic heterocycles. The van der Waals surface area contributed by atoms with Crippen molar-refractivity contribution in [2.24, 2.45) is 11.3 Å². The first-order valence-corrected chi connectivity index (χ1v) is 13.3. The maximum atomic E-state index is 13.2. The van der Waals surface area contributed by atoms with Gasteiger partial charge in [0.1, 0.15) is 5.52 Å². The number of rotatable bonds is 8. The Balaban J connectivity index is 1.66. The summed E-state index contributed by atoms with van der Waals surface area (Å²) in [6.45, 7) is 9.32. The third kappa shape index (κ3) is 5.82. The van der Waals surface area contributed by atoms with Crippen molar-refractivity contribution >= 4 is 22.9 Å². The van der Waals surface area contributed by atoms with Gasteiger partial charge >= 0.3 is 11.9 Å². The van der Waals surface area contributed by atoms with Gasteiger partial charge in [-0.15, -0.1) is 0 Å². The number of benzene rings is 1. The highest BCUT2D eigenvalue weighted by molar-refractivity contribution is 5.87. The van der Waals surface area contributed by atoms with Gasteiger partial charge in [0.05, 0.1) is 12.1 Å². The number of H-pyrrole nitrogens is 1. The molecule has 1 aliphatic rings. The fraction of sp³-hybridized carbons (Fsp3) is 0.519. The molecule has 1 saturated carbocycles. The molecule has 1 aliphatic carbocycles. The normalized spacial score (nSPS) is 15.3. The van der Waals surface area contributed by atoms with Gasteiger partial charge in [-0.2, -0.15) is 18.2 Å². The summed E-state index contributed by atoms with van der Waals surface area (Å²) in [7, 11) is 1.92. The van der Waals surface area contributed by atoms with Crippen molar-refractivity contribution in [3.05, 3.63) is 45.9 Å². The molecule has 10 nitrogen and oxygen atoms in total. The van der Waals surface area contributed by atoms with Crippen molar-refractivity contribution in [1.82, 2.24) is 29.7 Å². The summed E-state index contributed by atoms with van der Waals surface area (Å²) in [5, 5.41) is 7.28. The first kappa shape index (κ1) is 27.7. The predicted octanol–water partition coefficient (Wildman–Crippen LogP) is 5.32. The van der Waals surface area contributed by atoms with Crippen molar-refractivity contribution in [2.45, 2.75) is 65.7 Å². The molecule has 0 saturated heterocycles. The van der Waals surface area contributed by atoms with Gasteiger partial charge < -0.3 is 14.8 Å². The summed E-state index contributed by atoms with van der Waals surface area (Å²) >= 11 is 0. The minimum atomic E-state index is -4.42. The van der Waals surface area contributed by atoms with Crippen LogP contribution in [0, 0.1) is 11.3 Å². The molecule has 3 heterocycles. The highest BCUT2D eigenvalue weighted by atomic mass is 19.4. The van der Waals surface area contributed by atoms with Crippen LogP contribution in [-0.4, -0.2) is 49.3 Å². The van der Waals surface area contributed by atoms with E-state index in [-0.39, 0.29) is 29.7 Å². The van der Waals surface area contributed by atoms with E-state index in [0.717, 1.165) is 25.0 Å². The number of nitrogens with zero attached hydrogens (tertiary/aromatic N) is 6. The van der Waals surface area contributed by atoms with Crippen LogP contribution in [0.4, 0.5) is 24.9 Å². The van der Waals surface area contributed by atoms with Gasteiger partial charge in [-0.25, -0.2) is 14.8 Å². The molecular weight excluding hydrogens is 525 g/mol. The summed E-state index contributed by atoms with van der Waals surface area (Å²) in [6, 6.07) is 5.21. The van der Waals surface area contributed by atoms with Crippen LogP contribution in [0.2, 0.25) is 0 Å². The van der Waals surface area contributed by atoms with E-state index >= 15 is 0 Å². The number of halogens is 3. The lowest BCUT2D eigenvalue weighted by atomic mass is 9.80. The van der Waals surface area contributed by atoms with Crippen molar-refractivity contribution in [1.29, 1.82) is 0 Å². The maximum Gasteiger partial charge on any atom is 0.439 e. The zero-order valence-electron chi connectivity index (χ0n) is 23.1. The van der Waals surface area contributed by atoms with E-state index in [1.165, 1.54) is 18.6 Å². The topological polar surface area (TPSA) is 118 Å². The number of hydrogen-bond donors (Lipinski definition) is 2. The molecule has 3 aromatic heterocycles. The Bertz CT molecular complexity index is 1550. The molecule has 0 unspecified atom stereocenters. The zero-order chi connectivity index (χ0) is 28.8. The number of fused-ring (bicyclic) bond motifs is 1. The summed E-state index contributed by atoms with van der Waals surface area (Å²) in [6.07, 6.45) is -1.03. The van der Waals surface area contributed by atoms with Gasteiger partial charge in [0.2, 0.25) is 17.6 Å². The lowest BCUT2D eigenvalue weighted by molar-refractivity contribution is -0.137. The van der Waals surface area contributed by atoms with Crippen molar-refractivity contribution in [3.63, 3.8) is 0 Å². The first-order valence-electron chi connectivity index (χ1n) is 13.3. The van der Waals surface area contributed by atoms with E-state index in [0.29, 0.717) is 41.0 Å². The third-order valence-corrected chi connectivity index (χ3v) is 7.13. The van der Waals surface area contributed by atoms with Crippen LogP contribution in [0.5, 0.6) is 0 Å². The molecule has 40 heavy (non-hydrogen) atoms.